The van der Waals surface area contributed by atoms with Crippen LogP contribution in [0.15, 0.2) is 6.07 Å². The Kier molecular flexibility index (Phi) is 4.30. The summed E-state index contributed by atoms with van der Waals surface area (Å²) >= 11 is 5.53. The number of rotatable bonds is 4. The summed E-state index contributed by atoms with van der Waals surface area (Å²) < 4.78 is 37.6. The van der Waals surface area contributed by atoms with Gasteiger partial charge in [0.25, 0.3) is 6.43 Å². The van der Waals surface area contributed by atoms with Crippen molar-refractivity contribution >= 4 is 28.7 Å². The summed E-state index contributed by atoms with van der Waals surface area (Å²) in [5, 5.41) is 10.8. The zero-order valence-corrected chi connectivity index (χ0v) is 9.31. The predicted molar refractivity (Wildman–Crippen MR) is 60.7 cm³/mol. The standard InChI is InChI=1S/C9H11ClF3N3O/c10-6-3(14)1-4(15)8(7(6)11)16-2-5(17)9(12)13/h1,5,9,16-17H,2,14-15H2. The monoisotopic (exact) mass is 269 g/mol. The first kappa shape index (κ1) is 13.7. The molecule has 1 atom stereocenters. The molecule has 0 saturated carbocycles. The summed E-state index contributed by atoms with van der Waals surface area (Å²) in [5.74, 6) is -0.939. The van der Waals surface area contributed by atoms with Crippen LogP contribution in [0.5, 0.6) is 0 Å². The molecule has 1 aromatic rings. The fraction of sp³-hybridized carbons (Fsp3) is 0.333. The molecule has 8 heteroatoms. The smallest absolute Gasteiger partial charge is 0.265 e. The molecular formula is C9H11ClF3N3O. The zero-order chi connectivity index (χ0) is 13.2. The lowest BCUT2D eigenvalue weighted by Crippen LogP contribution is -2.27. The second-order valence-electron chi connectivity index (χ2n) is 3.34. The lowest BCUT2D eigenvalue weighted by atomic mass is 10.2. The van der Waals surface area contributed by atoms with Crippen LogP contribution in [0, 0.1) is 5.82 Å². The highest BCUT2D eigenvalue weighted by molar-refractivity contribution is 6.33. The number of aliphatic hydroxyl groups is 1. The quantitative estimate of drug-likeness (QED) is 0.627. The highest BCUT2D eigenvalue weighted by Crippen LogP contribution is 2.33. The Balaban J connectivity index is 2.88. The van der Waals surface area contributed by atoms with E-state index in [2.05, 4.69) is 5.32 Å². The summed E-state index contributed by atoms with van der Waals surface area (Å²) in [5.41, 5.74) is 10.4. The van der Waals surface area contributed by atoms with E-state index >= 15 is 0 Å². The van der Waals surface area contributed by atoms with E-state index in [-0.39, 0.29) is 22.1 Å². The number of nitrogens with one attached hydrogen (secondary N) is 1. The van der Waals surface area contributed by atoms with Gasteiger partial charge < -0.3 is 21.9 Å². The van der Waals surface area contributed by atoms with E-state index in [1.807, 2.05) is 0 Å². The van der Waals surface area contributed by atoms with Crippen molar-refractivity contribution in [2.45, 2.75) is 12.5 Å². The van der Waals surface area contributed by atoms with Gasteiger partial charge in [-0.25, -0.2) is 13.2 Å². The minimum Gasteiger partial charge on any atom is -0.397 e. The predicted octanol–water partition coefficient (Wildman–Crippen LogP) is 1.68. The van der Waals surface area contributed by atoms with Gasteiger partial charge in [-0.05, 0) is 6.07 Å². The maximum absolute atomic E-state index is 13.6. The van der Waals surface area contributed by atoms with Crippen molar-refractivity contribution in [3.63, 3.8) is 0 Å². The summed E-state index contributed by atoms with van der Waals surface area (Å²) in [6.07, 6.45) is -4.86. The average Bonchev–Trinajstić information content (AvgIpc) is 2.25. The molecule has 0 amide bonds. The van der Waals surface area contributed by atoms with Crippen molar-refractivity contribution in [1.82, 2.24) is 0 Å². The highest BCUT2D eigenvalue weighted by atomic mass is 35.5. The van der Waals surface area contributed by atoms with Crippen LogP contribution in [0.25, 0.3) is 0 Å². The van der Waals surface area contributed by atoms with Gasteiger partial charge in [0.1, 0.15) is 11.1 Å². The van der Waals surface area contributed by atoms with Gasteiger partial charge >= 0.3 is 0 Å². The number of nitrogen functional groups attached to an aromatic ring is 2. The van der Waals surface area contributed by atoms with Gasteiger partial charge in [0.15, 0.2) is 5.82 Å². The minimum atomic E-state index is -2.93. The summed E-state index contributed by atoms with van der Waals surface area (Å²) in [6.45, 7) is -0.557. The second kappa shape index (κ2) is 5.33. The van der Waals surface area contributed by atoms with Crippen LogP contribution in [-0.4, -0.2) is 24.2 Å². The number of hydrogen-bond acceptors (Lipinski definition) is 4. The third kappa shape index (κ3) is 3.07. The largest absolute Gasteiger partial charge is 0.397 e. The molecule has 17 heavy (non-hydrogen) atoms. The number of hydrogen-bond donors (Lipinski definition) is 4. The average molecular weight is 270 g/mol. The molecule has 6 N–H and O–H groups in total. The van der Waals surface area contributed by atoms with Crippen LogP contribution in [0.1, 0.15) is 0 Å². The zero-order valence-electron chi connectivity index (χ0n) is 8.55. The van der Waals surface area contributed by atoms with Crippen LogP contribution in [0.2, 0.25) is 5.02 Å². The van der Waals surface area contributed by atoms with Crippen LogP contribution >= 0.6 is 11.6 Å². The number of benzene rings is 1. The first-order valence-electron chi connectivity index (χ1n) is 4.57. The van der Waals surface area contributed by atoms with E-state index < -0.39 is 24.9 Å². The van der Waals surface area contributed by atoms with Crippen LogP contribution in [0.3, 0.4) is 0 Å². The van der Waals surface area contributed by atoms with E-state index in [0.29, 0.717) is 0 Å². The van der Waals surface area contributed by atoms with Gasteiger partial charge in [0.2, 0.25) is 0 Å². The maximum atomic E-state index is 13.6. The SMILES string of the molecule is Nc1cc(N)c(NCC(O)C(F)F)c(F)c1Cl. The Morgan fingerprint density at radius 2 is 1.94 bits per heavy atom. The minimum absolute atomic E-state index is 0.0541. The number of alkyl halides is 2. The van der Waals surface area contributed by atoms with Crippen LogP contribution < -0.4 is 16.8 Å². The Hall–Kier alpha value is -1.34. The first-order chi connectivity index (χ1) is 7.84. The molecule has 0 bridgehead atoms. The van der Waals surface area contributed by atoms with Gasteiger partial charge in [0.05, 0.1) is 17.1 Å². The topological polar surface area (TPSA) is 84.3 Å². The van der Waals surface area contributed by atoms with E-state index in [4.69, 9.17) is 28.2 Å². The molecule has 0 aliphatic rings. The van der Waals surface area contributed by atoms with Crippen molar-refractivity contribution in [2.75, 3.05) is 23.3 Å². The highest BCUT2D eigenvalue weighted by Gasteiger charge is 2.19. The van der Waals surface area contributed by atoms with Crippen molar-refractivity contribution in [2.24, 2.45) is 0 Å². The molecular weight excluding hydrogens is 259 g/mol. The summed E-state index contributed by atoms with van der Waals surface area (Å²) in [4.78, 5) is 0. The number of aliphatic hydroxyl groups excluding tert-OH is 1. The molecule has 0 fully saturated rings. The van der Waals surface area contributed by atoms with E-state index in [0.717, 1.165) is 0 Å². The Labute approximate surface area is 100 Å². The van der Waals surface area contributed by atoms with Gasteiger partial charge in [-0.1, -0.05) is 11.6 Å². The first-order valence-corrected chi connectivity index (χ1v) is 4.95. The molecule has 0 heterocycles. The van der Waals surface area contributed by atoms with Gasteiger partial charge in [-0.3, -0.25) is 0 Å². The van der Waals surface area contributed by atoms with Crippen molar-refractivity contribution < 1.29 is 18.3 Å². The summed E-state index contributed by atoms with van der Waals surface area (Å²) in [6, 6.07) is 1.20. The van der Waals surface area contributed by atoms with Crippen molar-refractivity contribution in [1.29, 1.82) is 0 Å². The van der Waals surface area contributed by atoms with Crippen LogP contribution in [-0.2, 0) is 0 Å². The molecule has 0 spiro atoms. The molecule has 0 aliphatic carbocycles. The molecule has 0 saturated heterocycles. The van der Waals surface area contributed by atoms with Gasteiger partial charge in [0, 0.05) is 6.54 Å². The normalized spacial score (nSPS) is 12.8. The van der Waals surface area contributed by atoms with Crippen molar-refractivity contribution in [3.05, 3.63) is 16.9 Å². The molecule has 1 unspecified atom stereocenters. The van der Waals surface area contributed by atoms with Crippen LogP contribution in [0.4, 0.5) is 30.2 Å². The number of anilines is 3. The molecule has 1 rings (SSSR count). The van der Waals surface area contributed by atoms with E-state index in [1.165, 1.54) is 6.07 Å². The Morgan fingerprint density at radius 3 is 2.47 bits per heavy atom. The number of halogens is 4. The summed E-state index contributed by atoms with van der Waals surface area (Å²) in [7, 11) is 0. The van der Waals surface area contributed by atoms with E-state index in [9.17, 15) is 13.2 Å². The fourth-order valence-corrected chi connectivity index (χ4v) is 1.29. The number of nitrogens with two attached hydrogens (primary N) is 2. The molecule has 1 aromatic carbocycles. The lowest BCUT2D eigenvalue weighted by Gasteiger charge is -2.15. The third-order valence-electron chi connectivity index (χ3n) is 2.04. The molecule has 0 radical (unpaired) electrons. The fourth-order valence-electron chi connectivity index (χ4n) is 1.14. The maximum Gasteiger partial charge on any atom is 0.265 e. The van der Waals surface area contributed by atoms with Gasteiger partial charge in [-0.15, -0.1) is 0 Å². The Morgan fingerprint density at radius 1 is 1.35 bits per heavy atom. The van der Waals surface area contributed by atoms with E-state index in [1.54, 1.807) is 0 Å². The third-order valence-corrected chi connectivity index (χ3v) is 2.43. The second-order valence-corrected chi connectivity index (χ2v) is 3.72. The molecule has 96 valence electrons. The Bertz CT molecular complexity index is 417. The van der Waals surface area contributed by atoms with Gasteiger partial charge in [-0.2, -0.15) is 0 Å². The molecule has 0 aliphatic heterocycles. The lowest BCUT2D eigenvalue weighted by molar-refractivity contribution is 0.00382. The van der Waals surface area contributed by atoms with Crippen molar-refractivity contribution in [3.8, 4) is 0 Å². The molecule has 0 aromatic heterocycles. The molecule has 4 nitrogen and oxygen atoms in total.